The number of anilines is 1. The Kier molecular flexibility index (Phi) is 5.18. The van der Waals surface area contributed by atoms with Gasteiger partial charge in [-0.15, -0.1) is 0 Å². The standard InChI is InChI=1S/C23H19NO6/c25-19-11-10-15(24-21(27)16-8-4-5-9-17(16)22(24)28)12-18(19)23(29)30-13-20(26)14-6-2-1-3-7-14/h1-7,10-12,16-17,25H,8-9,13H2. The molecule has 7 heteroatoms. The Bertz CT molecular complexity index is 1030. The molecule has 0 saturated carbocycles. The molecule has 0 aromatic heterocycles. The Morgan fingerprint density at radius 1 is 0.967 bits per heavy atom. The number of hydrogen-bond donors (Lipinski definition) is 1. The molecule has 152 valence electrons. The Morgan fingerprint density at radius 3 is 2.23 bits per heavy atom. The number of phenols is 1. The first-order valence-corrected chi connectivity index (χ1v) is 9.58. The Labute approximate surface area is 172 Å². The number of fused-ring (bicyclic) bond motifs is 1. The van der Waals surface area contributed by atoms with Crippen LogP contribution in [0.3, 0.4) is 0 Å². The fraction of sp³-hybridized carbons (Fsp3) is 0.217. The highest BCUT2D eigenvalue weighted by molar-refractivity contribution is 6.22. The van der Waals surface area contributed by atoms with E-state index in [1.165, 1.54) is 18.2 Å². The number of phenolic OH excluding ortho intramolecular Hbond substituents is 1. The summed E-state index contributed by atoms with van der Waals surface area (Å²) in [6.07, 6.45) is 4.78. The molecule has 2 aliphatic rings. The molecule has 2 aromatic carbocycles. The van der Waals surface area contributed by atoms with E-state index in [0.29, 0.717) is 18.4 Å². The first-order valence-electron chi connectivity index (χ1n) is 9.58. The van der Waals surface area contributed by atoms with Crippen LogP contribution in [-0.2, 0) is 14.3 Å². The van der Waals surface area contributed by atoms with Crippen LogP contribution in [0.25, 0.3) is 0 Å². The van der Waals surface area contributed by atoms with Gasteiger partial charge in [-0.1, -0.05) is 42.5 Å². The maximum Gasteiger partial charge on any atom is 0.342 e. The molecule has 2 atom stereocenters. The van der Waals surface area contributed by atoms with Gasteiger partial charge in [0.25, 0.3) is 0 Å². The summed E-state index contributed by atoms with van der Waals surface area (Å²) in [6, 6.07) is 12.2. The number of amides is 2. The summed E-state index contributed by atoms with van der Waals surface area (Å²) >= 11 is 0. The van der Waals surface area contributed by atoms with E-state index in [9.17, 15) is 24.3 Å². The van der Waals surface area contributed by atoms with Crippen molar-refractivity contribution in [2.24, 2.45) is 11.8 Å². The van der Waals surface area contributed by atoms with Gasteiger partial charge < -0.3 is 9.84 Å². The SMILES string of the molecule is O=C(COC(=O)c1cc(N2C(=O)C3CC=CCC3C2=O)ccc1O)c1ccccc1. The second-order valence-electron chi connectivity index (χ2n) is 7.23. The van der Waals surface area contributed by atoms with E-state index in [0.717, 1.165) is 4.90 Å². The van der Waals surface area contributed by atoms with Crippen LogP contribution in [0.4, 0.5) is 5.69 Å². The Morgan fingerprint density at radius 2 is 1.60 bits per heavy atom. The minimum Gasteiger partial charge on any atom is -0.507 e. The molecule has 1 saturated heterocycles. The molecule has 2 amide bonds. The molecular formula is C23H19NO6. The number of allylic oxidation sites excluding steroid dienone is 2. The molecule has 0 spiro atoms. The molecule has 1 heterocycles. The fourth-order valence-corrected chi connectivity index (χ4v) is 3.80. The van der Waals surface area contributed by atoms with Gasteiger partial charge in [0, 0.05) is 5.56 Å². The summed E-state index contributed by atoms with van der Waals surface area (Å²) < 4.78 is 5.04. The van der Waals surface area contributed by atoms with E-state index >= 15 is 0 Å². The quantitative estimate of drug-likeness (QED) is 0.355. The number of imide groups is 1. The van der Waals surface area contributed by atoms with Crippen molar-refractivity contribution in [2.45, 2.75) is 12.8 Å². The Balaban J connectivity index is 1.52. The van der Waals surface area contributed by atoms with Crippen molar-refractivity contribution in [3.8, 4) is 5.75 Å². The van der Waals surface area contributed by atoms with Gasteiger partial charge in [-0.05, 0) is 31.0 Å². The predicted octanol–water partition coefficient (Wildman–Crippen LogP) is 2.89. The number of nitrogens with zero attached hydrogens (tertiary/aromatic N) is 1. The van der Waals surface area contributed by atoms with Crippen molar-refractivity contribution in [1.29, 1.82) is 0 Å². The highest BCUT2D eigenvalue weighted by atomic mass is 16.5. The van der Waals surface area contributed by atoms with Gasteiger partial charge in [0.2, 0.25) is 11.8 Å². The largest absolute Gasteiger partial charge is 0.507 e. The van der Waals surface area contributed by atoms with Crippen molar-refractivity contribution in [1.82, 2.24) is 0 Å². The van der Waals surface area contributed by atoms with Crippen LogP contribution in [0.2, 0.25) is 0 Å². The van der Waals surface area contributed by atoms with Gasteiger partial charge >= 0.3 is 5.97 Å². The van der Waals surface area contributed by atoms with Crippen molar-refractivity contribution in [3.05, 3.63) is 71.8 Å². The second-order valence-corrected chi connectivity index (χ2v) is 7.23. The predicted molar refractivity (Wildman–Crippen MR) is 107 cm³/mol. The maximum atomic E-state index is 12.7. The number of ether oxygens (including phenoxy) is 1. The summed E-state index contributed by atoms with van der Waals surface area (Å²) in [5.41, 5.74) is 0.369. The molecule has 1 aliphatic carbocycles. The van der Waals surface area contributed by atoms with Crippen molar-refractivity contribution in [2.75, 3.05) is 11.5 Å². The van der Waals surface area contributed by atoms with Gasteiger partial charge in [-0.2, -0.15) is 0 Å². The number of aromatic hydroxyl groups is 1. The highest BCUT2D eigenvalue weighted by Gasteiger charge is 2.48. The Hall–Kier alpha value is -3.74. The zero-order valence-corrected chi connectivity index (χ0v) is 16.0. The average molecular weight is 405 g/mol. The third-order valence-electron chi connectivity index (χ3n) is 5.40. The number of carbonyl (C=O) groups is 4. The minimum absolute atomic E-state index is 0.193. The van der Waals surface area contributed by atoms with E-state index in [2.05, 4.69) is 0 Å². The summed E-state index contributed by atoms with van der Waals surface area (Å²) in [4.78, 5) is 51.1. The molecule has 1 aliphatic heterocycles. The first-order chi connectivity index (χ1) is 14.5. The lowest BCUT2D eigenvalue weighted by Crippen LogP contribution is -2.31. The summed E-state index contributed by atoms with van der Waals surface area (Å²) in [7, 11) is 0. The number of rotatable bonds is 5. The maximum absolute atomic E-state index is 12.7. The van der Waals surface area contributed by atoms with Crippen molar-refractivity contribution < 1.29 is 29.0 Å². The molecular weight excluding hydrogens is 386 g/mol. The topological polar surface area (TPSA) is 101 Å². The van der Waals surface area contributed by atoms with E-state index in [1.54, 1.807) is 30.3 Å². The number of ketones is 1. The van der Waals surface area contributed by atoms with E-state index in [1.807, 2.05) is 12.2 Å². The normalized spacial score (nSPS) is 20.2. The van der Waals surface area contributed by atoms with Gasteiger partial charge in [0.05, 0.1) is 17.5 Å². The van der Waals surface area contributed by atoms with Crippen LogP contribution in [0.15, 0.2) is 60.7 Å². The molecule has 2 aromatic rings. The zero-order chi connectivity index (χ0) is 21.3. The molecule has 1 fully saturated rings. The lowest BCUT2D eigenvalue weighted by atomic mass is 9.85. The van der Waals surface area contributed by atoms with E-state index in [4.69, 9.17) is 4.74 Å². The van der Waals surface area contributed by atoms with Gasteiger partial charge in [0.1, 0.15) is 11.3 Å². The third-order valence-corrected chi connectivity index (χ3v) is 5.40. The molecule has 30 heavy (non-hydrogen) atoms. The molecule has 2 unspecified atom stereocenters. The van der Waals surface area contributed by atoms with Crippen LogP contribution in [0.5, 0.6) is 5.75 Å². The molecule has 7 nitrogen and oxygen atoms in total. The second kappa shape index (κ2) is 7.94. The summed E-state index contributed by atoms with van der Waals surface area (Å²) in [5, 5.41) is 10.1. The lowest BCUT2D eigenvalue weighted by molar-refractivity contribution is -0.122. The van der Waals surface area contributed by atoms with Gasteiger partial charge in [0.15, 0.2) is 12.4 Å². The number of esters is 1. The molecule has 1 N–H and O–H groups in total. The summed E-state index contributed by atoms with van der Waals surface area (Å²) in [6.45, 7) is -0.496. The number of carbonyl (C=O) groups excluding carboxylic acids is 4. The van der Waals surface area contributed by atoms with Crippen LogP contribution in [-0.4, -0.2) is 35.3 Å². The van der Waals surface area contributed by atoms with Crippen LogP contribution < -0.4 is 4.90 Å². The lowest BCUT2D eigenvalue weighted by Gasteiger charge is -2.16. The van der Waals surface area contributed by atoms with Crippen LogP contribution in [0, 0.1) is 11.8 Å². The fourth-order valence-electron chi connectivity index (χ4n) is 3.80. The molecule has 0 bridgehead atoms. The first kappa shape index (κ1) is 19.6. The minimum atomic E-state index is -0.920. The monoisotopic (exact) mass is 405 g/mol. The van der Waals surface area contributed by atoms with Crippen LogP contribution in [0.1, 0.15) is 33.6 Å². The average Bonchev–Trinajstić information content (AvgIpc) is 3.03. The number of benzene rings is 2. The van der Waals surface area contributed by atoms with Gasteiger partial charge in [-0.3, -0.25) is 19.3 Å². The molecule has 4 rings (SSSR count). The van der Waals surface area contributed by atoms with Crippen molar-refractivity contribution >= 4 is 29.3 Å². The summed E-state index contributed by atoms with van der Waals surface area (Å²) in [5.74, 6) is -3.13. The van der Waals surface area contributed by atoms with E-state index < -0.39 is 24.4 Å². The van der Waals surface area contributed by atoms with Crippen molar-refractivity contribution in [3.63, 3.8) is 0 Å². The van der Waals surface area contributed by atoms with Gasteiger partial charge in [-0.25, -0.2) is 4.79 Å². The third kappa shape index (κ3) is 3.50. The smallest absolute Gasteiger partial charge is 0.342 e. The van der Waals surface area contributed by atoms with E-state index in [-0.39, 0.29) is 34.6 Å². The highest BCUT2D eigenvalue weighted by Crippen LogP contribution is 2.38. The number of hydrogen-bond acceptors (Lipinski definition) is 6. The molecule has 0 radical (unpaired) electrons. The zero-order valence-electron chi connectivity index (χ0n) is 16.0. The van der Waals surface area contributed by atoms with Crippen LogP contribution >= 0.6 is 0 Å². The number of Topliss-reactive ketones (excluding diaryl/α,β-unsaturated/α-hetero) is 1.